The fourth-order valence-electron chi connectivity index (χ4n) is 2.20. The SMILES string of the molecule is CCCNC(=O)CN(C(C)=O)c1c(C)cccc1CC. The Morgan fingerprint density at radius 3 is 2.50 bits per heavy atom. The van der Waals surface area contributed by atoms with Gasteiger partial charge in [0.15, 0.2) is 0 Å². The number of para-hydroxylation sites is 1. The lowest BCUT2D eigenvalue weighted by Gasteiger charge is -2.25. The molecule has 0 heterocycles. The number of hydrogen-bond acceptors (Lipinski definition) is 2. The van der Waals surface area contributed by atoms with Crippen molar-refractivity contribution in [3.63, 3.8) is 0 Å². The molecule has 0 aromatic heterocycles. The van der Waals surface area contributed by atoms with Crippen molar-refractivity contribution >= 4 is 17.5 Å². The largest absolute Gasteiger partial charge is 0.355 e. The third kappa shape index (κ3) is 4.08. The molecule has 0 fully saturated rings. The normalized spacial score (nSPS) is 10.2. The Morgan fingerprint density at radius 1 is 1.25 bits per heavy atom. The summed E-state index contributed by atoms with van der Waals surface area (Å²) in [5.41, 5.74) is 2.97. The lowest BCUT2D eigenvalue weighted by atomic mass is 10.0. The highest BCUT2D eigenvalue weighted by atomic mass is 16.2. The van der Waals surface area contributed by atoms with Crippen LogP contribution in [0.3, 0.4) is 0 Å². The van der Waals surface area contributed by atoms with Gasteiger partial charge in [-0.25, -0.2) is 0 Å². The van der Waals surface area contributed by atoms with Crippen molar-refractivity contribution in [2.45, 2.75) is 40.5 Å². The Labute approximate surface area is 121 Å². The van der Waals surface area contributed by atoms with Gasteiger partial charge in [0.05, 0.1) is 5.69 Å². The van der Waals surface area contributed by atoms with Gasteiger partial charge in [-0.1, -0.05) is 32.0 Å². The highest BCUT2D eigenvalue weighted by Gasteiger charge is 2.19. The maximum Gasteiger partial charge on any atom is 0.240 e. The summed E-state index contributed by atoms with van der Waals surface area (Å²) in [6.45, 7) is 8.23. The van der Waals surface area contributed by atoms with Crippen molar-refractivity contribution in [2.75, 3.05) is 18.0 Å². The Balaban J connectivity index is 3.03. The predicted octanol–water partition coefficient (Wildman–Crippen LogP) is 2.44. The van der Waals surface area contributed by atoms with Crippen LogP contribution in [0.25, 0.3) is 0 Å². The standard InChI is InChI=1S/C16H24N2O2/c1-5-10-17-15(20)11-18(13(4)19)16-12(3)8-7-9-14(16)6-2/h7-9H,5-6,10-11H2,1-4H3,(H,17,20). The number of nitrogens with zero attached hydrogens (tertiary/aromatic N) is 1. The fraction of sp³-hybridized carbons (Fsp3) is 0.500. The first-order valence-corrected chi connectivity index (χ1v) is 7.14. The molecular weight excluding hydrogens is 252 g/mol. The molecule has 1 aromatic rings. The van der Waals surface area contributed by atoms with Gasteiger partial charge < -0.3 is 10.2 Å². The lowest BCUT2D eigenvalue weighted by molar-refractivity contribution is -0.123. The summed E-state index contributed by atoms with van der Waals surface area (Å²) < 4.78 is 0. The summed E-state index contributed by atoms with van der Waals surface area (Å²) in [5.74, 6) is -0.229. The molecule has 2 amide bonds. The first-order valence-electron chi connectivity index (χ1n) is 7.14. The number of rotatable bonds is 6. The van der Waals surface area contributed by atoms with Crippen molar-refractivity contribution in [1.82, 2.24) is 5.32 Å². The van der Waals surface area contributed by atoms with Crippen LogP contribution in [0.4, 0.5) is 5.69 Å². The Bertz CT molecular complexity index is 483. The highest BCUT2D eigenvalue weighted by Crippen LogP contribution is 2.25. The maximum absolute atomic E-state index is 11.9. The number of amides is 2. The Hall–Kier alpha value is -1.84. The molecule has 1 aromatic carbocycles. The van der Waals surface area contributed by atoms with E-state index < -0.39 is 0 Å². The summed E-state index contributed by atoms with van der Waals surface area (Å²) in [6, 6.07) is 5.95. The molecule has 0 aliphatic rings. The molecule has 0 unspecified atom stereocenters. The van der Waals surface area contributed by atoms with Gasteiger partial charge in [0.2, 0.25) is 11.8 Å². The molecule has 4 heteroatoms. The molecule has 1 N–H and O–H groups in total. The van der Waals surface area contributed by atoms with E-state index in [-0.39, 0.29) is 18.4 Å². The van der Waals surface area contributed by atoms with Crippen molar-refractivity contribution in [3.8, 4) is 0 Å². The first-order chi connectivity index (χ1) is 9.51. The van der Waals surface area contributed by atoms with E-state index in [1.165, 1.54) is 6.92 Å². The number of benzene rings is 1. The van der Waals surface area contributed by atoms with Crippen molar-refractivity contribution in [1.29, 1.82) is 0 Å². The van der Waals surface area contributed by atoms with E-state index in [4.69, 9.17) is 0 Å². The second kappa shape index (κ2) is 7.68. The number of anilines is 1. The van der Waals surface area contributed by atoms with E-state index in [1.54, 1.807) is 4.90 Å². The molecule has 0 bridgehead atoms. The second-order valence-corrected chi connectivity index (χ2v) is 4.89. The van der Waals surface area contributed by atoms with Gasteiger partial charge in [-0.15, -0.1) is 0 Å². The minimum absolute atomic E-state index is 0.0766. The number of carbonyl (C=O) groups excluding carboxylic acids is 2. The molecular formula is C16H24N2O2. The van der Waals surface area contributed by atoms with Gasteiger partial charge in [-0.3, -0.25) is 9.59 Å². The molecule has 0 saturated carbocycles. The minimum Gasteiger partial charge on any atom is -0.355 e. The average Bonchev–Trinajstić information content (AvgIpc) is 2.42. The molecule has 0 radical (unpaired) electrons. The Morgan fingerprint density at radius 2 is 1.95 bits per heavy atom. The lowest BCUT2D eigenvalue weighted by Crippen LogP contribution is -2.40. The van der Waals surface area contributed by atoms with E-state index in [9.17, 15) is 9.59 Å². The molecule has 0 aliphatic heterocycles. The summed E-state index contributed by atoms with van der Waals surface area (Å²) in [7, 11) is 0. The molecule has 0 saturated heterocycles. The molecule has 0 atom stereocenters. The van der Waals surface area contributed by atoms with Crippen LogP contribution < -0.4 is 10.2 Å². The van der Waals surface area contributed by atoms with E-state index >= 15 is 0 Å². The smallest absolute Gasteiger partial charge is 0.240 e. The van der Waals surface area contributed by atoms with E-state index in [0.29, 0.717) is 6.54 Å². The highest BCUT2D eigenvalue weighted by molar-refractivity contribution is 5.98. The summed E-state index contributed by atoms with van der Waals surface area (Å²) >= 11 is 0. The third-order valence-corrected chi connectivity index (χ3v) is 3.23. The molecule has 0 aliphatic carbocycles. The number of hydrogen-bond donors (Lipinski definition) is 1. The van der Waals surface area contributed by atoms with Crippen LogP contribution in [0.5, 0.6) is 0 Å². The molecule has 4 nitrogen and oxygen atoms in total. The minimum atomic E-state index is -0.118. The quantitative estimate of drug-likeness (QED) is 0.867. The fourth-order valence-corrected chi connectivity index (χ4v) is 2.20. The number of nitrogens with one attached hydrogen (secondary N) is 1. The summed E-state index contributed by atoms with van der Waals surface area (Å²) in [4.78, 5) is 25.4. The maximum atomic E-state index is 11.9. The van der Waals surface area contributed by atoms with Crippen molar-refractivity contribution in [2.24, 2.45) is 0 Å². The number of carbonyl (C=O) groups is 2. The predicted molar refractivity (Wildman–Crippen MR) is 81.9 cm³/mol. The van der Waals surface area contributed by atoms with Gasteiger partial charge in [-0.05, 0) is 30.9 Å². The van der Waals surface area contributed by atoms with Gasteiger partial charge >= 0.3 is 0 Å². The zero-order chi connectivity index (χ0) is 15.1. The van der Waals surface area contributed by atoms with E-state index in [1.807, 2.05) is 39.0 Å². The zero-order valence-corrected chi connectivity index (χ0v) is 12.8. The van der Waals surface area contributed by atoms with E-state index in [0.717, 1.165) is 29.7 Å². The molecule has 110 valence electrons. The van der Waals surface area contributed by atoms with Crippen LogP contribution >= 0.6 is 0 Å². The number of aryl methyl sites for hydroxylation is 2. The monoisotopic (exact) mass is 276 g/mol. The van der Waals surface area contributed by atoms with E-state index in [2.05, 4.69) is 5.32 Å². The topological polar surface area (TPSA) is 49.4 Å². The van der Waals surface area contributed by atoms with Crippen LogP contribution in [0.1, 0.15) is 38.3 Å². The molecule has 0 spiro atoms. The van der Waals surface area contributed by atoms with Crippen LogP contribution in [0.15, 0.2) is 18.2 Å². The molecule has 1 rings (SSSR count). The first kappa shape index (κ1) is 16.2. The molecule has 20 heavy (non-hydrogen) atoms. The van der Waals surface area contributed by atoms with Gasteiger partial charge in [0, 0.05) is 13.5 Å². The van der Waals surface area contributed by atoms with Crippen LogP contribution in [-0.2, 0) is 16.0 Å². The Kier molecular flexibility index (Phi) is 6.22. The van der Waals surface area contributed by atoms with Crippen LogP contribution in [-0.4, -0.2) is 24.9 Å². The average molecular weight is 276 g/mol. The summed E-state index contributed by atoms with van der Waals surface area (Å²) in [5, 5.41) is 2.81. The van der Waals surface area contributed by atoms with Gasteiger partial charge in [0.25, 0.3) is 0 Å². The summed E-state index contributed by atoms with van der Waals surface area (Å²) in [6.07, 6.45) is 1.72. The third-order valence-electron chi connectivity index (χ3n) is 3.23. The zero-order valence-electron chi connectivity index (χ0n) is 12.8. The second-order valence-electron chi connectivity index (χ2n) is 4.89. The van der Waals surface area contributed by atoms with Crippen LogP contribution in [0.2, 0.25) is 0 Å². The van der Waals surface area contributed by atoms with Crippen LogP contribution in [0, 0.1) is 6.92 Å². The van der Waals surface area contributed by atoms with Crippen molar-refractivity contribution in [3.05, 3.63) is 29.3 Å². The van der Waals surface area contributed by atoms with Gasteiger partial charge in [-0.2, -0.15) is 0 Å². The van der Waals surface area contributed by atoms with Crippen molar-refractivity contribution < 1.29 is 9.59 Å². The van der Waals surface area contributed by atoms with Gasteiger partial charge in [0.1, 0.15) is 6.54 Å².